The molecule has 27 heavy (non-hydrogen) atoms. The lowest BCUT2D eigenvalue weighted by Crippen LogP contribution is -2.28. The quantitative estimate of drug-likeness (QED) is 0.776. The first-order chi connectivity index (χ1) is 12.9. The summed E-state index contributed by atoms with van der Waals surface area (Å²) in [7, 11) is -3.60. The first-order valence-corrected chi connectivity index (χ1v) is 10.9. The fraction of sp³-hybridized carbons (Fsp3) is 0.350. The minimum atomic E-state index is -3.60. The molecule has 0 radical (unpaired) electrons. The van der Waals surface area contributed by atoms with Crippen LogP contribution in [-0.2, 0) is 16.4 Å². The first-order valence-electron chi connectivity index (χ1n) is 9.12. The van der Waals surface area contributed by atoms with Crippen LogP contribution in [0.2, 0.25) is 5.02 Å². The molecule has 1 fully saturated rings. The monoisotopic (exact) mass is 406 g/mol. The molecule has 1 heterocycles. The van der Waals surface area contributed by atoms with Crippen molar-refractivity contribution >= 4 is 33.2 Å². The topological polar surface area (TPSA) is 66.5 Å². The van der Waals surface area contributed by atoms with Gasteiger partial charge in [-0.1, -0.05) is 37.1 Å². The molecule has 0 aromatic heterocycles. The lowest BCUT2D eigenvalue weighted by molar-refractivity contribution is 0.102. The number of hydrogen-bond acceptors (Lipinski definition) is 3. The summed E-state index contributed by atoms with van der Waals surface area (Å²) in [6, 6.07) is 11.9. The Morgan fingerprint density at radius 3 is 2.41 bits per heavy atom. The summed E-state index contributed by atoms with van der Waals surface area (Å²) >= 11 is 6.16. The second kappa shape index (κ2) is 8.42. The number of sulfonamides is 1. The largest absolute Gasteiger partial charge is 0.322 e. The number of halogens is 1. The van der Waals surface area contributed by atoms with E-state index in [4.69, 9.17) is 11.6 Å². The number of rotatable bonds is 6. The summed E-state index contributed by atoms with van der Waals surface area (Å²) < 4.78 is 26.9. The third kappa shape index (κ3) is 4.51. The van der Waals surface area contributed by atoms with Gasteiger partial charge in [0, 0.05) is 18.8 Å². The van der Waals surface area contributed by atoms with Gasteiger partial charge in [0.25, 0.3) is 5.91 Å². The van der Waals surface area contributed by atoms with E-state index in [0.717, 1.165) is 25.7 Å². The maximum Gasteiger partial charge on any atom is 0.257 e. The molecule has 2 aromatic rings. The third-order valence-electron chi connectivity index (χ3n) is 4.64. The normalized spacial score (nSPS) is 15.0. The Bertz CT molecular complexity index is 921. The van der Waals surface area contributed by atoms with Crippen LogP contribution in [0.25, 0.3) is 0 Å². The predicted octanol–water partition coefficient (Wildman–Crippen LogP) is 4.33. The molecule has 0 atom stereocenters. The van der Waals surface area contributed by atoms with Gasteiger partial charge in [0.15, 0.2) is 0 Å². The van der Waals surface area contributed by atoms with Crippen LogP contribution in [0.4, 0.5) is 5.69 Å². The summed E-state index contributed by atoms with van der Waals surface area (Å²) in [6.45, 7) is 3.13. The number of hydrogen-bond donors (Lipinski definition) is 1. The molecule has 1 saturated heterocycles. The standard InChI is InChI=1S/C20H23ClN2O3S/c1-2-5-15-6-8-16(9-7-15)22-20(24)18-14-17(10-11-19(18)21)27(25,26)23-12-3-4-13-23/h6-11,14H,2-5,12-13H2,1H3,(H,22,24). The second-order valence-electron chi connectivity index (χ2n) is 6.65. The summed E-state index contributed by atoms with van der Waals surface area (Å²) in [6.07, 6.45) is 3.75. The Labute approximate surface area is 165 Å². The zero-order valence-electron chi connectivity index (χ0n) is 15.2. The number of benzene rings is 2. The molecule has 0 saturated carbocycles. The molecule has 5 nitrogen and oxygen atoms in total. The highest BCUT2D eigenvalue weighted by Gasteiger charge is 2.28. The molecule has 7 heteroatoms. The third-order valence-corrected chi connectivity index (χ3v) is 6.86. The molecule has 3 rings (SSSR count). The number of nitrogens with zero attached hydrogens (tertiary/aromatic N) is 1. The van der Waals surface area contributed by atoms with Gasteiger partial charge in [0.1, 0.15) is 0 Å². The van der Waals surface area contributed by atoms with Crippen molar-refractivity contribution in [3.8, 4) is 0 Å². The van der Waals surface area contributed by atoms with Crippen molar-refractivity contribution in [1.82, 2.24) is 4.31 Å². The van der Waals surface area contributed by atoms with Crippen molar-refractivity contribution in [3.63, 3.8) is 0 Å². The zero-order valence-corrected chi connectivity index (χ0v) is 16.8. The van der Waals surface area contributed by atoms with Crippen LogP contribution in [0, 0.1) is 0 Å². The highest BCUT2D eigenvalue weighted by molar-refractivity contribution is 7.89. The number of aryl methyl sites for hydroxylation is 1. The van der Waals surface area contributed by atoms with Crippen LogP contribution in [0.5, 0.6) is 0 Å². The first kappa shape index (κ1) is 19.9. The molecule has 0 bridgehead atoms. The van der Waals surface area contributed by atoms with Gasteiger partial charge in [-0.05, 0) is 55.2 Å². The van der Waals surface area contributed by atoms with Gasteiger partial charge in [-0.3, -0.25) is 4.79 Å². The van der Waals surface area contributed by atoms with E-state index in [1.54, 1.807) is 0 Å². The minimum Gasteiger partial charge on any atom is -0.322 e. The summed E-state index contributed by atoms with van der Waals surface area (Å²) in [5.74, 6) is -0.429. The van der Waals surface area contributed by atoms with Crippen LogP contribution in [0.3, 0.4) is 0 Å². The van der Waals surface area contributed by atoms with Gasteiger partial charge in [0.05, 0.1) is 15.5 Å². The highest BCUT2D eigenvalue weighted by atomic mass is 35.5. The molecule has 0 spiro atoms. The SMILES string of the molecule is CCCc1ccc(NC(=O)c2cc(S(=O)(=O)N3CCCC3)ccc2Cl)cc1. The van der Waals surface area contributed by atoms with E-state index in [0.29, 0.717) is 18.8 Å². The number of carbonyl (C=O) groups excluding carboxylic acids is 1. The van der Waals surface area contributed by atoms with Crippen LogP contribution in [0.1, 0.15) is 42.1 Å². The minimum absolute atomic E-state index is 0.0947. The van der Waals surface area contributed by atoms with Gasteiger partial charge < -0.3 is 5.32 Å². The van der Waals surface area contributed by atoms with Crippen LogP contribution < -0.4 is 5.32 Å². The van der Waals surface area contributed by atoms with Crippen LogP contribution in [-0.4, -0.2) is 31.7 Å². The van der Waals surface area contributed by atoms with Crippen LogP contribution >= 0.6 is 11.6 Å². The van der Waals surface area contributed by atoms with E-state index in [1.165, 1.54) is 28.1 Å². The average molecular weight is 407 g/mol. The predicted molar refractivity (Wildman–Crippen MR) is 108 cm³/mol. The molecule has 1 amide bonds. The molecular formula is C20H23ClN2O3S. The second-order valence-corrected chi connectivity index (χ2v) is 9.00. The van der Waals surface area contributed by atoms with E-state index in [-0.39, 0.29) is 15.5 Å². The Morgan fingerprint density at radius 1 is 1.11 bits per heavy atom. The van der Waals surface area contributed by atoms with Crippen molar-refractivity contribution < 1.29 is 13.2 Å². The Balaban J connectivity index is 1.82. The van der Waals surface area contributed by atoms with E-state index < -0.39 is 15.9 Å². The number of anilines is 1. The van der Waals surface area contributed by atoms with Gasteiger partial charge in [-0.15, -0.1) is 0 Å². The maximum absolute atomic E-state index is 12.7. The summed E-state index contributed by atoms with van der Waals surface area (Å²) in [5, 5.41) is 3.00. The fourth-order valence-electron chi connectivity index (χ4n) is 3.16. The average Bonchev–Trinajstić information content (AvgIpc) is 3.19. The van der Waals surface area contributed by atoms with Gasteiger partial charge >= 0.3 is 0 Å². The van der Waals surface area contributed by atoms with E-state index >= 15 is 0 Å². The number of amides is 1. The van der Waals surface area contributed by atoms with Crippen molar-refractivity contribution in [2.45, 2.75) is 37.5 Å². The van der Waals surface area contributed by atoms with E-state index in [2.05, 4.69) is 12.2 Å². The fourth-order valence-corrected chi connectivity index (χ4v) is 4.91. The Kier molecular flexibility index (Phi) is 6.19. The van der Waals surface area contributed by atoms with E-state index in [1.807, 2.05) is 24.3 Å². The Hall–Kier alpha value is -1.89. The smallest absolute Gasteiger partial charge is 0.257 e. The molecule has 2 aromatic carbocycles. The van der Waals surface area contributed by atoms with Crippen molar-refractivity contribution in [2.24, 2.45) is 0 Å². The lowest BCUT2D eigenvalue weighted by Gasteiger charge is -2.16. The Morgan fingerprint density at radius 2 is 1.78 bits per heavy atom. The summed E-state index contributed by atoms with van der Waals surface area (Å²) in [4.78, 5) is 12.7. The molecule has 1 N–H and O–H groups in total. The molecule has 1 aliphatic heterocycles. The van der Waals surface area contributed by atoms with Crippen molar-refractivity contribution in [1.29, 1.82) is 0 Å². The van der Waals surface area contributed by atoms with Crippen molar-refractivity contribution in [3.05, 3.63) is 58.6 Å². The van der Waals surface area contributed by atoms with Gasteiger partial charge in [-0.2, -0.15) is 4.31 Å². The van der Waals surface area contributed by atoms with E-state index in [9.17, 15) is 13.2 Å². The molecule has 0 unspecified atom stereocenters. The zero-order chi connectivity index (χ0) is 19.4. The molecule has 0 aliphatic carbocycles. The summed E-state index contributed by atoms with van der Waals surface area (Å²) in [5.41, 5.74) is 1.99. The highest BCUT2D eigenvalue weighted by Crippen LogP contribution is 2.26. The lowest BCUT2D eigenvalue weighted by atomic mass is 10.1. The van der Waals surface area contributed by atoms with Crippen molar-refractivity contribution in [2.75, 3.05) is 18.4 Å². The van der Waals surface area contributed by atoms with Crippen LogP contribution in [0.15, 0.2) is 47.4 Å². The number of nitrogens with one attached hydrogen (secondary N) is 1. The molecule has 1 aliphatic rings. The van der Waals surface area contributed by atoms with Gasteiger partial charge in [-0.25, -0.2) is 8.42 Å². The van der Waals surface area contributed by atoms with Gasteiger partial charge in [0.2, 0.25) is 10.0 Å². The maximum atomic E-state index is 12.7. The molecular weight excluding hydrogens is 384 g/mol. The number of carbonyl (C=O) groups is 1. The molecule has 144 valence electrons.